The third-order valence-corrected chi connectivity index (χ3v) is 3.89. The van der Waals surface area contributed by atoms with Gasteiger partial charge in [0.05, 0.1) is 16.9 Å². The number of benzene rings is 1. The smallest absolute Gasteiger partial charge is 0.240 e. The van der Waals surface area contributed by atoms with E-state index in [2.05, 4.69) is 4.72 Å². The summed E-state index contributed by atoms with van der Waals surface area (Å²) in [6.45, 7) is 0.379. The fraction of sp³-hybridized carbons (Fsp3) is 0.400. The van der Waals surface area contributed by atoms with Gasteiger partial charge in [0.2, 0.25) is 10.0 Å². The molecule has 0 aliphatic carbocycles. The van der Waals surface area contributed by atoms with E-state index >= 15 is 0 Å². The highest BCUT2D eigenvalue weighted by Gasteiger charge is 2.15. The summed E-state index contributed by atoms with van der Waals surface area (Å²) in [6, 6.07) is 6.03. The molecular weight excluding hydrogens is 285 g/mol. The van der Waals surface area contributed by atoms with E-state index in [1.165, 1.54) is 19.2 Å². The Morgan fingerprint density at radius 3 is 2.76 bits per heavy atom. The van der Waals surface area contributed by atoms with Gasteiger partial charge in [-0.2, -0.15) is 0 Å². The molecule has 0 fully saturated rings. The quantitative estimate of drug-likeness (QED) is 0.816. The first kappa shape index (κ1) is 14.7. The fourth-order valence-electron chi connectivity index (χ4n) is 1.16. The number of hydrogen-bond acceptors (Lipinski definition) is 3. The Hall–Kier alpha value is -0.330. The average molecular weight is 298 g/mol. The van der Waals surface area contributed by atoms with E-state index in [4.69, 9.17) is 27.9 Å². The van der Waals surface area contributed by atoms with Gasteiger partial charge in [0, 0.05) is 18.7 Å². The van der Waals surface area contributed by atoms with Crippen LogP contribution in [0.3, 0.4) is 0 Å². The third kappa shape index (κ3) is 4.81. The van der Waals surface area contributed by atoms with Gasteiger partial charge < -0.3 is 4.74 Å². The van der Waals surface area contributed by atoms with E-state index in [0.717, 1.165) is 0 Å². The molecule has 1 N–H and O–H groups in total. The van der Waals surface area contributed by atoms with Crippen molar-refractivity contribution in [3.8, 4) is 0 Å². The largest absolute Gasteiger partial charge is 0.383 e. The van der Waals surface area contributed by atoms with Crippen LogP contribution in [-0.2, 0) is 14.8 Å². The Balaban J connectivity index is 2.69. The van der Waals surface area contributed by atoms with Crippen molar-refractivity contribution < 1.29 is 13.2 Å². The van der Waals surface area contributed by atoms with Crippen molar-refractivity contribution in [2.75, 3.05) is 20.3 Å². The van der Waals surface area contributed by atoms with Crippen LogP contribution in [0, 0.1) is 0 Å². The molecule has 96 valence electrons. The molecule has 0 saturated heterocycles. The summed E-state index contributed by atoms with van der Waals surface area (Å²) < 4.78 is 30.8. The number of hydrogen-bond donors (Lipinski definition) is 1. The summed E-state index contributed by atoms with van der Waals surface area (Å²) in [5.74, 6) is 0. The summed E-state index contributed by atoms with van der Waals surface area (Å²) in [7, 11) is -2.07. The second kappa shape index (κ2) is 6.56. The Morgan fingerprint density at radius 1 is 1.47 bits per heavy atom. The summed E-state index contributed by atoms with van der Waals surface area (Å²) >= 11 is 11.6. The summed E-state index contributed by atoms with van der Waals surface area (Å²) in [5.41, 5.74) is 0. The molecular formula is C10H13Cl2NO3S. The highest BCUT2D eigenvalue weighted by Crippen LogP contribution is 2.15. The van der Waals surface area contributed by atoms with Crippen LogP contribution in [0.25, 0.3) is 0 Å². The van der Waals surface area contributed by atoms with Crippen LogP contribution in [0.2, 0.25) is 5.02 Å². The van der Waals surface area contributed by atoms with Gasteiger partial charge in [-0.05, 0) is 18.2 Å². The molecule has 1 unspecified atom stereocenters. The average Bonchev–Trinajstić information content (AvgIpc) is 2.27. The number of methoxy groups -OCH3 is 1. The van der Waals surface area contributed by atoms with Gasteiger partial charge in [0.15, 0.2) is 0 Å². The lowest BCUT2D eigenvalue weighted by Gasteiger charge is -2.10. The maximum atomic E-state index is 11.8. The Morgan fingerprint density at radius 2 is 2.18 bits per heavy atom. The summed E-state index contributed by atoms with van der Waals surface area (Å²) in [6.07, 6.45) is 0. The van der Waals surface area contributed by atoms with Crippen molar-refractivity contribution in [2.24, 2.45) is 0 Å². The minimum Gasteiger partial charge on any atom is -0.383 e. The Kier molecular flexibility index (Phi) is 5.69. The van der Waals surface area contributed by atoms with E-state index in [0.29, 0.717) is 5.02 Å². The lowest BCUT2D eigenvalue weighted by molar-refractivity contribution is 0.198. The summed E-state index contributed by atoms with van der Waals surface area (Å²) in [4.78, 5) is 0.117. The number of ether oxygens (including phenoxy) is 1. The van der Waals surface area contributed by atoms with E-state index in [9.17, 15) is 8.42 Å². The lowest BCUT2D eigenvalue weighted by Crippen LogP contribution is -2.31. The van der Waals surface area contributed by atoms with Crippen LogP contribution < -0.4 is 4.72 Å². The Labute approximate surface area is 111 Å². The molecule has 1 aromatic rings. The van der Waals surface area contributed by atoms with Crippen LogP contribution in [0.15, 0.2) is 29.2 Å². The van der Waals surface area contributed by atoms with Crippen molar-refractivity contribution in [1.82, 2.24) is 4.72 Å². The lowest BCUT2D eigenvalue weighted by atomic mass is 10.4. The van der Waals surface area contributed by atoms with Gasteiger partial charge >= 0.3 is 0 Å². The molecule has 0 amide bonds. The maximum Gasteiger partial charge on any atom is 0.240 e. The zero-order valence-corrected chi connectivity index (χ0v) is 11.5. The number of rotatable bonds is 6. The molecule has 1 aromatic carbocycles. The van der Waals surface area contributed by atoms with E-state index in [1.54, 1.807) is 12.1 Å². The monoisotopic (exact) mass is 297 g/mol. The number of nitrogens with one attached hydrogen (secondary N) is 1. The maximum absolute atomic E-state index is 11.8. The molecule has 0 saturated carbocycles. The van der Waals surface area contributed by atoms with E-state index < -0.39 is 15.4 Å². The van der Waals surface area contributed by atoms with Gasteiger partial charge in [0.1, 0.15) is 0 Å². The van der Waals surface area contributed by atoms with Gasteiger partial charge in [-0.1, -0.05) is 17.7 Å². The second-order valence-electron chi connectivity index (χ2n) is 3.36. The Bertz CT molecular complexity index is 464. The number of sulfonamides is 1. The van der Waals surface area contributed by atoms with Crippen LogP contribution in [0.1, 0.15) is 0 Å². The molecule has 17 heavy (non-hydrogen) atoms. The van der Waals surface area contributed by atoms with E-state index in [1.807, 2.05) is 0 Å². The summed E-state index contributed by atoms with van der Waals surface area (Å²) in [5, 5.41) is -0.0406. The molecule has 0 aromatic heterocycles. The van der Waals surface area contributed by atoms with Crippen molar-refractivity contribution in [1.29, 1.82) is 0 Å². The van der Waals surface area contributed by atoms with Crippen LogP contribution in [-0.4, -0.2) is 34.1 Å². The first-order valence-corrected chi connectivity index (χ1v) is 7.13. The predicted molar refractivity (Wildman–Crippen MR) is 68.2 cm³/mol. The predicted octanol–water partition coefficient (Wildman–Crippen LogP) is 1.87. The highest BCUT2D eigenvalue weighted by molar-refractivity contribution is 7.89. The van der Waals surface area contributed by atoms with Gasteiger partial charge in [-0.15, -0.1) is 11.6 Å². The molecule has 4 nitrogen and oxygen atoms in total. The molecule has 1 atom stereocenters. The van der Waals surface area contributed by atoms with Crippen molar-refractivity contribution in [3.63, 3.8) is 0 Å². The van der Waals surface area contributed by atoms with Crippen molar-refractivity contribution >= 4 is 33.2 Å². The third-order valence-electron chi connectivity index (χ3n) is 1.95. The second-order valence-corrected chi connectivity index (χ2v) is 6.18. The SMILES string of the molecule is COCC(Cl)CNS(=O)(=O)c1cccc(Cl)c1. The van der Waals surface area contributed by atoms with Crippen molar-refractivity contribution in [2.45, 2.75) is 10.3 Å². The van der Waals surface area contributed by atoms with Gasteiger partial charge in [-0.25, -0.2) is 13.1 Å². The molecule has 1 rings (SSSR count). The normalized spacial score (nSPS) is 13.6. The van der Waals surface area contributed by atoms with E-state index in [-0.39, 0.29) is 18.0 Å². The number of alkyl halides is 1. The molecule has 0 radical (unpaired) electrons. The molecule has 7 heteroatoms. The molecule has 0 aliphatic heterocycles. The molecule has 0 heterocycles. The highest BCUT2D eigenvalue weighted by atomic mass is 35.5. The van der Waals surface area contributed by atoms with Crippen LogP contribution in [0.4, 0.5) is 0 Å². The minimum absolute atomic E-state index is 0.101. The van der Waals surface area contributed by atoms with Crippen LogP contribution in [0.5, 0.6) is 0 Å². The van der Waals surface area contributed by atoms with Gasteiger partial charge in [0.25, 0.3) is 0 Å². The number of halogens is 2. The topological polar surface area (TPSA) is 55.4 Å². The molecule has 0 bridgehead atoms. The van der Waals surface area contributed by atoms with Gasteiger partial charge in [-0.3, -0.25) is 0 Å². The zero-order chi connectivity index (χ0) is 12.9. The van der Waals surface area contributed by atoms with Crippen molar-refractivity contribution in [3.05, 3.63) is 29.3 Å². The fourth-order valence-corrected chi connectivity index (χ4v) is 2.83. The first-order valence-electron chi connectivity index (χ1n) is 4.84. The first-order chi connectivity index (χ1) is 7.95. The molecule has 0 spiro atoms. The minimum atomic E-state index is -3.57. The van der Waals surface area contributed by atoms with Crippen LogP contribution >= 0.6 is 23.2 Å². The molecule has 0 aliphatic rings. The zero-order valence-electron chi connectivity index (χ0n) is 9.19. The standard InChI is InChI=1S/C10H13Cl2NO3S/c1-16-7-9(12)6-13-17(14,15)10-4-2-3-8(11)5-10/h2-5,9,13H,6-7H2,1H3.